The highest BCUT2D eigenvalue weighted by Gasteiger charge is 2.45. The molecular formula is C16H24N2O. The van der Waals surface area contributed by atoms with Gasteiger partial charge in [0.15, 0.2) is 0 Å². The average Bonchev–Trinajstić information content (AvgIpc) is 2.81. The van der Waals surface area contributed by atoms with E-state index in [9.17, 15) is 0 Å². The molecule has 2 heterocycles. The molecule has 0 saturated carbocycles. The maximum Gasteiger partial charge on any atom is 0.0644 e. The van der Waals surface area contributed by atoms with Crippen LogP contribution in [0.2, 0.25) is 0 Å². The molecule has 3 heteroatoms. The summed E-state index contributed by atoms with van der Waals surface area (Å²) in [6.07, 6.45) is 2.06. The van der Waals surface area contributed by atoms with Crippen molar-refractivity contribution in [3.63, 3.8) is 0 Å². The fraction of sp³-hybridized carbons (Fsp3) is 0.625. The molecule has 1 aromatic rings. The largest absolute Gasteiger partial charge is 0.375 e. The number of hydrogen-bond acceptors (Lipinski definition) is 3. The number of hydrogen-bond donors (Lipinski definition) is 1. The molecule has 1 fully saturated rings. The van der Waals surface area contributed by atoms with E-state index in [-0.39, 0.29) is 11.1 Å². The first kappa shape index (κ1) is 13.1. The van der Waals surface area contributed by atoms with Gasteiger partial charge in [-0.2, -0.15) is 0 Å². The Hall–Kier alpha value is -0.900. The van der Waals surface area contributed by atoms with Crippen LogP contribution in [0.3, 0.4) is 0 Å². The second-order valence-electron chi connectivity index (χ2n) is 6.59. The summed E-state index contributed by atoms with van der Waals surface area (Å²) in [5.41, 5.74) is 9.13. The van der Waals surface area contributed by atoms with Crippen molar-refractivity contribution >= 4 is 0 Å². The number of nitrogens with two attached hydrogens (primary N) is 1. The van der Waals surface area contributed by atoms with Gasteiger partial charge < -0.3 is 10.5 Å². The van der Waals surface area contributed by atoms with Gasteiger partial charge in [0.25, 0.3) is 0 Å². The molecule has 0 radical (unpaired) electrons. The predicted molar refractivity (Wildman–Crippen MR) is 76.7 cm³/mol. The third kappa shape index (κ3) is 2.31. The third-order valence-corrected chi connectivity index (χ3v) is 4.71. The first-order valence-corrected chi connectivity index (χ1v) is 7.21. The normalized spacial score (nSPS) is 30.3. The van der Waals surface area contributed by atoms with Crippen LogP contribution in [0.25, 0.3) is 0 Å². The average molecular weight is 260 g/mol. The summed E-state index contributed by atoms with van der Waals surface area (Å²) in [5, 5.41) is 0. The Morgan fingerprint density at radius 2 is 1.84 bits per heavy atom. The molecule has 0 spiro atoms. The van der Waals surface area contributed by atoms with Crippen LogP contribution in [0.5, 0.6) is 0 Å². The molecule has 0 bridgehead atoms. The van der Waals surface area contributed by atoms with Gasteiger partial charge in [0.2, 0.25) is 0 Å². The summed E-state index contributed by atoms with van der Waals surface area (Å²) < 4.78 is 5.88. The zero-order valence-corrected chi connectivity index (χ0v) is 12.0. The van der Waals surface area contributed by atoms with E-state index in [2.05, 4.69) is 43.0 Å². The minimum Gasteiger partial charge on any atom is -0.375 e. The van der Waals surface area contributed by atoms with E-state index in [1.807, 2.05) is 0 Å². The van der Waals surface area contributed by atoms with Crippen molar-refractivity contribution in [3.8, 4) is 0 Å². The lowest BCUT2D eigenvalue weighted by Gasteiger charge is -2.49. The third-order valence-electron chi connectivity index (χ3n) is 4.71. The monoisotopic (exact) mass is 260 g/mol. The Balaban J connectivity index is 1.85. The standard InChI is InChI=1S/C16H24N2O/c1-15(2)11-16(12-17,7-8-19-15)18-9-13-5-3-4-6-14(13)10-18/h3-6H,7-12,17H2,1-2H3. The van der Waals surface area contributed by atoms with Crippen LogP contribution < -0.4 is 5.73 Å². The van der Waals surface area contributed by atoms with Crippen molar-refractivity contribution in [2.24, 2.45) is 5.73 Å². The van der Waals surface area contributed by atoms with Gasteiger partial charge >= 0.3 is 0 Å². The summed E-state index contributed by atoms with van der Waals surface area (Å²) in [6.45, 7) is 7.96. The van der Waals surface area contributed by atoms with Crippen LogP contribution in [-0.4, -0.2) is 29.2 Å². The smallest absolute Gasteiger partial charge is 0.0644 e. The number of nitrogens with zero attached hydrogens (tertiary/aromatic N) is 1. The van der Waals surface area contributed by atoms with Crippen LogP contribution in [0.15, 0.2) is 24.3 Å². The Labute approximate surface area is 115 Å². The number of benzene rings is 1. The molecule has 2 N–H and O–H groups in total. The van der Waals surface area contributed by atoms with Crippen molar-refractivity contribution in [2.75, 3.05) is 13.2 Å². The van der Waals surface area contributed by atoms with Crippen LogP contribution in [0, 0.1) is 0 Å². The SMILES string of the molecule is CC1(C)CC(CN)(N2Cc3ccccc3C2)CCO1. The van der Waals surface area contributed by atoms with Crippen LogP contribution in [0.4, 0.5) is 0 Å². The van der Waals surface area contributed by atoms with Crippen LogP contribution in [0.1, 0.15) is 37.8 Å². The van der Waals surface area contributed by atoms with Gasteiger partial charge in [-0.1, -0.05) is 24.3 Å². The lowest BCUT2D eigenvalue weighted by atomic mass is 9.80. The quantitative estimate of drug-likeness (QED) is 0.886. The highest BCUT2D eigenvalue weighted by Crippen LogP contribution is 2.40. The Morgan fingerprint density at radius 1 is 1.21 bits per heavy atom. The van der Waals surface area contributed by atoms with Crippen molar-refractivity contribution in [3.05, 3.63) is 35.4 Å². The van der Waals surface area contributed by atoms with Gasteiger partial charge in [-0.05, 0) is 37.8 Å². The minimum atomic E-state index is -0.0631. The van der Waals surface area contributed by atoms with Crippen molar-refractivity contribution in [2.45, 2.75) is 50.9 Å². The van der Waals surface area contributed by atoms with Gasteiger partial charge in [0.05, 0.1) is 5.60 Å². The molecule has 0 amide bonds. The molecule has 104 valence electrons. The van der Waals surface area contributed by atoms with E-state index in [1.54, 1.807) is 0 Å². The summed E-state index contributed by atoms with van der Waals surface area (Å²) in [7, 11) is 0. The van der Waals surface area contributed by atoms with Gasteiger partial charge in [0, 0.05) is 31.8 Å². The summed E-state index contributed by atoms with van der Waals surface area (Å²) in [5.74, 6) is 0. The second-order valence-corrected chi connectivity index (χ2v) is 6.59. The summed E-state index contributed by atoms with van der Waals surface area (Å²) in [6, 6.07) is 8.74. The van der Waals surface area contributed by atoms with Gasteiger partial charge in [-0.15, -0.1) is 0 Å². The van der Waals surface area contributed by atoms with Crippen molar-refractivity contribution < 1.29 is 4.74 Å². The zero-order chi connectivity index (χ0) is 13.5. The van der Waals surface area contributed by atoms with Gasteiger partial charge in [0.1, 0.15) is 0 Å². The molecule has 1 atom stereocenters. The van der Waals surface area contributed by atoms with E-state index in [0.717, 1.165) is 32.5 Å². The summed E-state index contributed by atoms with van der Waals surface area (Å²) >= 11 is 0. The fourth-order valence-corrected chi connectivity index (χ4v) is 3.69. The lowest BCUT2D eigenvalue weighted by molar-refractivity contribution is -0.119. The highest BCUT2D eigenvalue weighted by molar-refractivity contribution is 5.31. The second kappa shape index (κ2) is 4.58. The van der Waals surface area contributed by atoms with Crippen molar-refractivity contribution in [1.29, 1.82) is 0 Å². The van der Waals surface area contributed by atoms with Crippen molar-refractivity contribution in [1.82, 2.24) is 4.90 Å². The molecule has 2 aliphatic rings. The number of rotatable bonds is 2. The minimum absolute atomic E-state index is 0.0631. The molecule has 1 aromatic carbocycles. The Morgan fingerprint density at radius 3 is 2.37 bits per heavy atom. The first-order chi connectivity index (χ1) is 9.05. The number of ether oxygens (including phenoxy) is 1. The van der Waals surface area contributed by atoms with Crippen LogP contribution >= 0.6 is 0 Å². The summed E-state index contributed by atoms with van der Waals surface area (Å²) in [4.78, 5) is 2.57. The van der Waals surface area contributed by atoms with E-state index >= 15 is 0 Å². The first-order valence-electron chi connectivity index (χ1n) is 7.21. The van der Waals surface area contributed by atoms with E-state index in [4.69, 9.17) is 10.5 Å². The van der Waals surface area contributed by atoms with Gasteiger partial charge in [-0.25, -0.2) is 0 Å². The highest BCUT2D eigenvalue weighted by atomic mass is 16.5. The van der Waals surface area contributed by atoms with Crippen LogP contribution in [-0.2, 0) is 17.8 Å². The Kier molecular flexibility index (Phi) is 3.16. The molecule has 2 aliphatic heterocycles. The predicted octanol–water partition coefficient (Wildman–Crippen LogP) is 2.29. The fourth-order valence-electron chi connectivity index (χ4n) is 3.69. The van der Waals surface area contributed by atoms with E-state index in [0.29, 0.717) is 6.54 Å². The maximum atomic E-state index is 6.18. The lowest BCUT2D eigenvalue weighted by Crippen LogP contribution is -2.59. The Bertz CT molecular complexity index is 447. The topological polar surface area (TPSA) is 38.5 Å². The molecule has 1 unspecified atom stereocenters. The maximum absolute atomic E-state index is 6.18. The number of fused-ring (bicyclic) bond motifs is 1. The molecule has 19 heavy (non-hydrogen) atoms. The van der Waals surface area contributed by atoms with E-state index < -0.39 is 0 Å². The molecule has 3 rings (SSSR count). The molecular weight excluding hydrogens is 236 g/mol. The molecule has 1 saturated heterocycles. The molecule has 0 aromatic heterocycles. The molecule has 0 aliphatic carbocycles. The molecule has 3 nitrogen and oxygen atoms in total. The van der Waals surface area contributed by atoms with E-state index in [1.165, 1.54) is 11.1 Å². The zero-order valence-electron chi connectivity index (χ0n) is 12.0. The van der Waals surface area contributed by atoms with Gasteiger partial charge in [-0.3, -0.25) is 4.90 Å².